The predicted molar refractivity (Wildman–Crippen MR) is 69.3 cm³/mol. The van der Waals surface area contributed by atoms with Gasteiger partial charge in [0.2, 0.25) is 6.17 Å². The second-order valence-corrected chi connectivity index (χ2v) is 4.73. The van der Waals surface area contributed by atoms with Gasteiger partial charge in [0, 0.05) is 10.6 Å². The van der Waals surface area contributed by atoms with E-state index in [0.717, 1.165) is 0 Å². The Bertz CT molecular complexity index is 458. The SMILES string of the molecule is CCOC(=O)C(F)[C@@H](N)c1c(Cl)ccc(Br)c1O. The van der Waals surface area contributed by atoms with E-state index in [2.05, 4.69) is 20.7 Å². The van der Waals surface area contributed by atoms with Crippen molar-refractivity contribution in [1.82, 2.24) is 0 Å². The number of benzene rings is 1. The smallest absolute Gasteiger partial charge is 0.342 e. The molecular weight excluding hydrogens is 328 g/mol. The lowest BCUT2D eigenvalue weighted by atomic mass is 10.0. The van der Waals surface area contributed by atoms with Gasteiger partial charge in [-0.25, -0.2) is 9.18 Å². The fraction of sp³-hybridized carbons (Fsp3) is 0.364. The molecule has 0 amide bonds. The van der Waals surface area contributed by atoms with Crippen LogP contribution in [0.1, 0.15) is 18.5 Å². The first-order chi connectivity index (χ1) is 8.40. The van der Waals surface area contributed by atoms with Gasteiger partial charge in [-0.05, 0) is 35.0 Å². The molecule has 0 aliphatic heterocycles. The van der Waals surface area contributed by atoms with Gasteiger partial charge in [0.05, 0.1) is 17.1 Å². The van der Waals surface area contributed by atoms with Crippen LogP contribution in [0.5, 0.6) is 5.75 Å². The maximum absolute atomic E-state index is 13.8. The molecule has 0 aromatic heterocycles. The van der Waals surface area contributed by atoms with E-state index in [0.29, 0.717) is 4.47 Å². The van der Waals surface area contributed by atoms with Crippen LogP contribution in [-0.4, -0.2) is 23.9 Å². The Kier molecular flexibility index (Phi) is 5.37. The number of phenolic OH excluding ortho intramolecular Hbond substituents is 1. The zero-order valence-corrected chi connectivity index (χ0v) is 11.8. The first kappa shape index (κ1) is 15.2. The molecule has 4 nitrogen and oxygen atoms in total. The summed E-state index contributed by atoms with van der Waals surface area (Å²) in [4.78, 5) is 11.3. The Labute approximate surface area is 117 Å². The minimum Gasteiger partial charge on any atom is -0.506 e. The van der Waals surface area contributed by atoms with Gasteiger partial charge in [0.1, 0.15) is 5.75 Å². The van der Waals surface area contributed by atoms with Gasteiger partial charge in [-0.15, -0.1) is 0 Å². The quantitative estimate of drug-likeness (QED) is 0.827. The van der Waals surface area contributed by atoms with Crippen LogP contribution in [0.2, 0.25) is 5.02 Å². The molecule has 0 bridgehead atoms. The van der Waals surface area contributed by atoms with E-state index < -0.39 is 18.2 Å². The molecule has 1 unspecified atom stereocenters. The van der Waals surface area contributed by atoms with E-state index in [4.69, 9.17) is 17.3 Å². The first-order valence-corrected chi connectivity index (χ1v) is 6.30. The molecule has 1 aromatic carbocycles. The fourth-order valence-electron chi connectivity index (χ4n) is 1.39. The number of nitrogens with two attached hydrogens (primary N) is 1. The Morgan fingerprint density at radius 2 is 2.28 bits per heavy atom. The number of esters is 1. The molecule has 0 fully saturated rings. The van der Waals surface area contributed by atoms with Crippen molar-refractivity contribution < 1.29 is 19.0 Å². The van der Waals surface area contributed by atoms with Crippen LogP contribution in [-0.2, 0) is 9.53 Å². The van der Waals surface area contributed by atoms with Crippen LogP contribution in [0, 0.1) is 0 Å². The van der Waals surface area contributed by atoms with Gasteiger partial charge in [0.15, 0.2) is 0 Å². The molecule has 0 heterocycles. The van der Waals surface area contributed by atoms with Crippen LogP contribution in [0.25, 0.3) is 0 Å². The number of hydrogen-bond donors (Lipinski definition) is 2. The normalized spacial score (nSPS) is 14.1. The molecule has 1 rings (SSSR count). The summed E-state index contributed by atoms with van der Waals surface area (Å²) in [5, 5.41) is 9.86. The van der Waals surface area contributed by atoms with Gasteiger partial charge in [-0.1, -0.05) is 11.6 Å². The zero-order valence-electron chi connectivity index (χ0n) is 9.49. The summed E-state index contributed by atoms with van der Waals surface area (Å²) in [6, 6.07) is 1.54. The molecule has 7 heteroatoms. The van der Waals surface area contributed by atoms with Crippen molar-refractivity contribution in [2.75, 3.05) is 6.61 Å². The Hall–Kier alpha value is -0.850. The van der Waals surface area contributed by atoms with Crippen molar-refractivity contribution >= 4 is 33.5 Å². The summed E-state index contributed by atoms with van der Waals surface area (Å²) < 4.78 is 18.6. The standard InChI is InChI=1S/C11H12BrClFNO3/c1-2-18-11(17)8(14)9(15)7-6(13)4-3-5(12)10(7)16/h3-4,8-9,16H,2,15H2,1H3/t8?,9-/m0/s1. The molecular formula is C11H12BrClFNO3. The number of hydrogen-bond acceptors (Lipinski definition) is 4. The van der Waals surface area contributed by atoms with Crippen LogP contribution < -0.4 is 5.73 Å². The minimum absolute atomic E-state index is 0.0356. The Morgan fingerprint density at radius 3 is 2.83 bits per heavy atom. The van der Waals surface area contributed by atoms with E-state index in [9.17, 15) is 14.3 Å². The van der Waals surface area contributed by atoms with Crippen molar-refractivity contribution in [3.05, 3.63) is 27.2 Å². The largest absolute Gasteiger partial charge is 0.506 e. The first-order valence-electron chi connectivity index (χ1n) is 5.13. The highest BCUT2D eigenvalue weighted by Crippen LogP contribution is 2.38. The van der Waals surface area contributed by atoms with Gasteiger partial charge >= 0.3 is 5.97 Å². The van der Waals surface area contributed by atoms with Gasteiger partial charge in [-0.3, -0.25) is 0 Å². The monoisotopic (exact) mass is 339 g/mol. The van der Waals surface area contributed by atoms with Crippen molar-refractivity contribution in [3.8, 4) is 5.75 Å². The summed E-state index contributed by atoms with van der Waals surface area (Å²) in [5.74, 6) is -1.37. The van der Waals surface area contributed by atoms with E-state index in [1.807, 2.05) is 0 Å². The lowest BCUT2D eigenvalue weighted by Gasteiger charge is -2.18. The van der Waals surface area contributed by atoms with Crippen LogP contribution in [0.15, 0.2) is 16.6 Å². The van der Waals surface area contributed by atoms with Crippen LogP contribution in [0.4, 0.5) is 4.39 Å². The molecule has 3 N–H and O–H groups in total. The molecule has 0 saturated carbocycles. The number of carbonyl (C=O) groups excluding carboxylic acids is 1. The molecule has 100 valence electrons. The average molecular weight is 341 g/mol. The fourth-order valence-corrected chi connectivity index (χ4v) is 2.01. The molecule has 2 atom stereocenters. The third-order valence-corrected chi connectivity index (χ3v) is 3.24. The molecule has 1 aromatic rings. The highest BCUT2D eigenvalue weighted by Gasteiger charge is 2.31. The molecule has 18 heavy (non-hydrogen) atoms. The summed E-state index contributed by atoms with van der Waals surface area (Å²) >= 11 is 8.91. The summed E-state index contributed by atoms with van der Waals surface area (Å²) in [6.07, 6.45) is -2.09. The Morgan fingerprint density at radius 1 is 1.67 bits per heavy atom. The van der Waals surface area contributed by atoms with Crippen LogP contribution in [0.3, 0.4) is 0 Å². The number of halogens is 3. The zero-order chi connectivity index (χ0) is 13.9. The molecule has 0 spiro atoms. The van der Waals surface area contributed by atoms with Gasteiger partial charge in [-0.2, -0.15) is 0 Å². The van der Waals surface area contributed by atoms with Gasteiger partial charge in [0.25, 0.3) is 0 Å². The van der Waals surface area contributed by atoms with E-state index >= 15 is 0 Å². The highest BCUT2D eigenvalue weighted by molar-refractivity contribution is 9.10. The molecule has 0 radical (unpaired) electrons. The summed E-state index contributed by atoms with van der Waals surface area (Å²) in [7, 11) is 0. The number of aromatic hydroxyl groups is 1. The van der Waals surface area contributed by atoms with Gasteiger partial charge < -0.3 is 15.6 Å². The van der Waals surface area contributed by atoms with E-state index in [1.54, 1.807) is 6.92 Å². The Balaban J connectivity index is 3.07. The van der Waals surface area contributed by atoms with Crippen molar-refractivity contribution in [1.29, 1.82) is 0 Å². The maximum atomic E-state index is 13.8. The summed E-state index contributed by atoms with van der Waals surface area (Å²) in [6.45, 7) is 1.60. The summed E-state index contributed by atoms with van der Waals surface area (Å²) in [5.41, 5.74) is 5.56. The number of alkyl halides is 1. The van der Waals surface area contributed by atoms with Crippen molar-refractivity contribution in [3.63, 3.8) is 0 Å². The minimum atomic E-state index is -2.09. The molecule has 0 aliphatic rings. The highest BCUT2D eigenvalue weighted by atomic mass is 79.9. The van der Waals surface area contributed by atoms with Crippen molar-refractivity contribution in [2.45, 2.75) is 19.1 Å². The van der Waals surface area contributed by atoms with E-state index in [-0.39, 0.29) is 22.9 Å². The van der Waals surface area contributed by atoms with Crippen LogP contribution >= 0.6 is 27.5 Å². The number of ether oxygens (including phenoxy) is 1. The molecule has 0 saturated heterocycles. The average Bonchev–Trinajstić information content (AvgIpc) is 2.33. The third-order valence-electron chi connectivity index (χ3n) is 2.28. The number of rotatable bonds is 4. The number of phenols is 1. The lowest BCUT2D eigenvalue weighted by molar-refractivity contribution is -0.149. The number of carbonyl (C=O) groups is 1. The predicted octanol–water partition coefficient (Wildman–Crippen LogP) is 2.71. The maximum Gasteiger partial charge on any atom is 0.342 e. The second kappa shape index (κ2) is 6.36. The third kappa shape index (κ3) is 3.13. The topological polar surface area (TPSA) is 72.5 Å². The lowest BCUT2D eigenvalue weighted by Crippen LogP contribution is -2.31. The second-order valence-electron chi connectivity index (χ2n) is 3.47. The van der Waals surface area contributed by atoms with E-state index in [1.165, 1.54) is 12.1 Å². The molecule has 0 aliphatic carbocycles. The van der Waals surface area contributed by atoms with Crippen molar-refractivity contribution in [2.24, 2.45) is 5.73 Å².